The van der Waals surface area contributed by atoms with Crippen molar-refractivity contribution in [3.8, 4) is 11.8 Å². The van der Waals surface area contributed by atoms with E-state index in [1.807, 2.05) is 17.2 Å². The van der Waals surface area contributed by atoms with Crippen molar-refractivity contribution < 1.29 is 9.59 Å². The highest BCUT2D eigenvalue weighted by Crippen LogP contribution is 2.35. The van der Waals surface area contributed by atoms with E-state index >= 15 is 0 Å². The van der Waals surface area contributed by atoms with Crippen LogP contribution in [0.1, 0.15) is 42.4 Å². The molecule has 1 saturated heterocycles. The van der Waals surface area contributed by atoms with Gasteiger partial charge in [-0.1, -0.05) is 18.1 Å². The fourth-order valence-electron chi connectivity index (χ4n) is 3.78. The first kappa shape index (κ1) is 17.1. The van der Waals surface area contributed by atoms with Crippen LogP contribution in [-0.2, 0) is 16.0 Å². The number of carbonyl (C=O) groups is 2. The van der Waals surface area contributed by atoms with Crippen LogP contribution in [0.15, 0.2) is 18.3 Å². The highest BCUT2D eigenvalue weighted by Gasteiger charge is 2.26. The second-order valence-corrected chi connectivity index (χ2v) is 6.64. The summed E-state index contributed by atoms with van der Waals surface area (Å²) < 4.78 is 0. The van der Waals surface area contributed by atoms with Gasteiger partial charge >= 0.3 is 0 Å². The number of rotatable bonds is 3. The number of amides is 2. The zero-order chi connectivity index (χ0) is 18.0. The van der Waals surface area contributed by atoms with Crippen LogP contribution in [0.25, 0.3) is 10.9 Å². The quantitative estimate of drug-likeness (QED) is 0.843. The molecule has 0 bridgehead atoms. The number of nitrogens with zero attached hydrogens (tertiary/aromatic N) is 1. The van der Waals surface area contributed by atoms with Gasteiger partial charge in [-0.15, -0.1) is 0 Å². The number of hydrogen-bond acceptors (Lipinski definition) is 2. The summed E-state index contributed by atoms with van der Waals surface area (Å²) in [6, 6.07) is 4.07. The summed E-state index contributed by atoms with van der Waals surface area (Å²) in [4.78, 5) is 28.6. The highest BCUT2D eigenvalue weighted by atomic mass is 16.2. The number of benzene rings is 1. The van der Waals surface area contributed by atoms with Crippen molar-refractivity contribution in [1.82, 2.24) is 9.88 Å². The molecule has 1 atom stereocenters. The molecule has 5 heteroatoms. The van der Waals surface area contributed by atoms with Gasteiger partial charge in [-0.25, -0.2) is 0 Å². The number of aromatic amines is 1. The predicted octanol–water partition coefficient (Wildman–Crippen LogP) is 2.23. The van der Waals surface area contributed by atoms with Crippen LogP contribution in [-0.4, -0.2) is 34.8 Å². The summed E-state index contributed by atoms with van der Waals surface area (Å²) in [5.41, 5.74) is 9.64. The lowest BCUT2D eigenvalue weighted by molar-refractivity contribution is -0.126. The maximum absolute atomic E-state index is 12.1. The van der Waals surface area contributed by atoms with Gasteiger partial charge in [-0.3, -0.25) is 9.59 Å². The number of hydrogen-bond donors (Lipinski definition) is 2. The van der Waals surface area contributed by atoms with Gasteiger partial charge in [-0.05, 0) is 49.3 Å². The molecule has 2 amide bonds. The summed E-state index contributed by atoms with van der Waals surface area (Å²) in [6.45, 7) is 5.19. The second-order valence-electron chi connectivity index (χ2n) is 6.64. The Morgan fingerprint density at radius 2 is 2.20 bits per heavy atom. The SMILES string of the molecule is CC#CC(=O)N1CCCC(c2ccc(CC(N)=O)c3[nH]cc(C)c23)C1. The number of likely N-dealkylation sites (tertiary alicyclic amines) is 1. The van der Waals surface area contributed by atoms with E-state index < -0.39 is 0 Å². The van der Waals surface area contributed by atoms with Crippen molar-refractivity contribution in [3.05, 3.63) is 35.0 Å². The normalized spacial score (nSPS) is 17.2. The number of carbonyl (C=O) groups excluding carboxylic acids is 2. The Balaban J connectivity index is 1.98. The monoisotopic (exact) mass is 337 g/mol. The molecular weight excluding hydrogens is 314 g/mol. The third kappa shape index (κ3) is 3.39. The minimum atomic E-state index is -0.339. The number of primary amides is 1. The number of nitrogens with one attached hydrogen (secondary N) is 1. The minimum absolute atomic E-state index is 0.0976. The highest BCUT2D eigenvalue weighted by molar-refractivity contribution is 5.94. The van der Waals surface area contributed by atoms with E-state index in [2.05, 4.69) is 29.8 Å². The van der Waals surface area contributed by atoms with Crippen LogP contribution in [0, 0.1) is 18.8 Å². The van der Waals surface area contributed by atoms with E-state index in [0.29, 0.717) is 6.54 Å². The molecular formula is C20H23N3O2. The zero-order valence-corrected chi connectivity index (χ0v) is 14.7. The molecule has 2 aromatic rings. The lowest BCUT2D eigenvalue weighted by Gasteiger charge is -2.32. The van der Waals surface area contributed by atoms with Crippen molar-refractivity contribution in [3.63, 3.8) is 0 Å². The third-order valence-electron chi connectivity index (χ3n) is 4.90. The molecule has 0 spiro atoms. The average molecular weight is 337 g/mol. The van der Waals surface area contributed by atoms with Gasteiger partial charge in [0.25, 0.3) is 5.91 Å². The molecule has 1 aromatic carbocycles. The molecule has 1 aromatic heterocycles. The maximum atomic E-state index is 12.1. The standard InChI is InChI=1S/C20H23N3O2/c1-3-5-18(25)23-9-4-6-15(12-23)16-8-7-14(10-17(21)24)20-19(16)13(2)11-22-20/h7-8,11,15,22H,4,6,9-10,12H2,1-2H3,(H2,21,24). The second kappa shape index (κ2) is 7.02. The van der Waals surface area contributed by atoms with Gasteiger partial charge in [-0.2, -0.15) is 0 Å². The van der Waals surface area contributed by atoms with Crippen LogP contribution in [0.4, 0.5) is 0 Å². The van der Waals surface area contributed by atoms with Crippen LogP contribution < -0.4 is 5.73 Å². The summed E-state index contributed by atoms with van der Waals surface area (Å²) >= 11 is 0. The summed E-state index contributed by atoms with van der Waals surface area (Å²) in [6.07, 6.45) is 4.19. The van der Waals surface area contributed by atoms with Gasteiger partial charge in [0.15, 0.2) is 0 Å². The topological polar surface area (TPSA) is 79.2 Å². The molecule has 5 nitrogen and oxygen atoms in total. The molecule has 1 aliphatic heterocycles. The van der Waals surface area contributed by atoms with Crippen LogP contribution in [0.5, 0.6) is 0 Å². The van der Waals surface area contributed by atoms with E-state index in [0.717, 1.165) is 41.4 Å². The molecule has 1 unspecified atom stereocenters. The molecule has 25 heavy (non-hydrogen) atoms. The van der Waals surface area contributed by atoms with Crippen molar-refractivity contribution in [1.29, 1.82) is 0 Å². The Morgan fingerprint density at radius 1 is 1.40 bits per heavy atom. The first-order valence-corrected chi connectivity index (χ1v) is 8.60. The molecule has 0 saturated carbocycles. The fourth-order valence-corrected chi connectivity index (χ4v) is 3.78. The predicted molar refractivity (Wildman–Crippen MR) is 97.9 cm³/mol. The van der Waals surface area contributed by atoms with Crippen LogP contribution in [0.2, 0.25) is 0 Å². The van der Waals surface area contributed by atoms with E-state index in [-0.39, 0.29) is 24.2 Å². The molecule has 130 valence electrons. The zero-order valence-electron chi connectivity index (χ0n) is 14.7. The van der Waals surface area contributed by atoms with Gasteiger partial charge in [0.05, 0.1) is 6.42 Å². The van der Waals surface area contributed by atoms with Gasteiger partial charge < -0.3 is 15.6 Å². The molecule has 3 N–H and O–H groups in total. The van der Waals surface area contributed by atoms with Gasteiger partial charge in [0, 0.05) is 36.1 Å². The molecule has 3 rings (SSSR count). The first-order valence-electron chi connectivity index (χ1n) is 8.60. The van der Waals surface area contributed by atoms with Gasteiger partial charge in [0.1, 0.15) is 0 Å². The summed E-state index contributed by atoms with van der Waals surface area (Å²) in [7, 11) is 0. The Labute approximate surface area is 147 Å². The fraction of sp³-hybridized carbons (Fsp3) is 0.400. The largest absolute Gasteiger partial charge is 0.369 e. The number of H-pyrrole nitrogens is 1. The molecule has 1 aliphatic rings. The molecule has 1 fully saturated rings. The Kier molecular flexibility index (Phi) is 4.80. The van der Waals surface area contributed by atoms with Crippen LogP contribution >= 0.6 is 0 Å². The maximum Gasteiger partial charge on any atom is 0.298 e. The Hall–Kier alpha value is -2.74. The molecule has 0 radical (unpaired) electrons. The van der Waals surface area contributed by atoms with E-state index in [1.165, 1.54) is 5.56 Å². The number of nitrogens with two attached hydrogens (primary N) is 1. The van der Waals surface area contributed by atoms with Crippen LogP contribution in [0.3, 0.4) is 0 Å². The van der Waals surface area contributed by atoms with Crippen molar-refractivity contribution >= 4 is 22.7 Å². The number of aryl methyl sites for hydroxylation is 1. The lowest BCUT2D eigenvalue weighted by atomic mass is 9.86. The number of piperidine rings is 1. The number of fused-ring (bicyclic) bond motifs is 1. The third-order valence-corrected chi connectivity index (χ3v) is 4.90. The average Bonchev–Trinajstić information content (AvgIpc) is 2.98. The molecule has 2 heterocycles. The Morgan fingerprint density at radius 3 is 2.92 bits per heavy atom. The Bertz CT molecular complexity index is 885. The van der Waals surface area contributed by atoms with E-state index in [9.17, 15) is 9.59 Å². The smallest absolute Gasteiger partial charge is 0.298 e. The number of aromatic nitrogens is 1. The van der Waals surface area contributed by atoms with Crippen molar-refractivity contribution in [2.45, 2.75) is 39.0 Å². The minimum Gasteiger partial charge on any atom is -0.369 e. The summed E-state index contributed by atoms with van der Waals surface area (Å²) in [5, 5.41) is 1.15. The lowest BCUT2D eigenvalue weighted by Crippen LogP contribution is -2.38. The van der Waals surface area contributed by atoms with E-state index in [1.54, 1.807) is 6.92 Å². The van der Waals surface area contributed by atoms with Crippen molar-refractivity contribution in [2.24, 2.45) is 5.73 Å². The van der Waals surface area contributed by atoms with E-state index in [4.69, 9.17) is 5.73 Å². The van der Waals surface area contributed by atoms with Gasteiger partial charge in [0.2, 0.25) is 5.91 Å². The molecule has 0 aliphatic carbocycles. The van der Waals surface area contributed by atoms with Crippen molar-refractivity contribution in [2.75, 3.05) is 13.1 Å². The first-order chi connectivity index (χ1) is 12.0. The summed E-state index contributed by atoms with van der Waals surface area (Å²) in [5.74, 6) is 5.17.